The lowest BCUT2D eigenvalue weighted by atomic mass is 9.60. The van der Waals surface area contributed by atoms with Gasteiger partial charge in [-0.15, -0.1) is 24.8 Å². The van der Waals surface area contributed by atoms with E-state index < -0.39 is 0 Å². The van der Waals surface area contributed by atoms with Gasteiger partial charge in [0.1, 0.15) is 7.28 Å². The van der Waals surface area contributed by atoms with Crippen LogP contribution in [-0.2, 0) is 4.79 Å². The molecule has 1 heterocycles. The molecule has 1 radical (unpaired) electrons. The molecule has 0 aromatic rings. The molecule has 19 heavy (non-hydrogen) atoms. The molecular formula is C13H26BCl2N2O. The van der Waals surface area contributed by atoms with Crippen molar-refractivity contribution >= 4 is 38.0 Å². The highest BCUT2D eigenvalue weighted by Crippen LogP contribution is 2.27. The number of rotatable bonds is 2. The average molecular weight is 308 g/mol. The summed E-state index contributed by atoms with van der Waals surface area (Å²) in [6.07, 6.45) is 6.29. The van der Waals surface area contributed by atoms with Crippen molar-refractivity contribution in [1.29, 1.82) is 0 Å². The minimum atomic E-state index is 0. The first-order valence-electron chi connectivity index (χ1n) is 7.02. The Kier molecular flexibility index (Phi) is 9.13. The predicted molar refractivity (Wildman–Crippen MR) is 85.6 cm³/mol. The molecule has 2 rings (SSSR count). The molecule has 111 valence electrons. The Balaban J connectivity index is 0.00000162. The second-order valence-corrected chi connectivity index (χ2v) is 5.83. The first-order chi connectivity index (χ1) is 8.15. The molecule has 0 spiro atoms. The van der Waals surface area contributed by atoms with E-state index in [1.165, 1.54) is 0 Å². The zero-order chi connectivity index (χ0) is 12.3. The van der Waals surface area contributed by atoms with Crippen LogP contribution in [0.1, 0.15) is 39.0 Å². The van der Waals surface area contributed by atoms with Crippen molar-refractivity contribution in [3.63, 3.8) is 0 Å². The van der Waals surface area contributed by atoms with E-state index in [4.69, 9.17) is 5.73 Å². The number of nitrogens with zero attached hydrogens (tertiary/aromatic N) is 1. The normalized spacial score (nSPS) is 30.6. The van der Waals surface area contributed by atoms with Crippen molar-refractivity contribution in [2.24, 2.45) is 11.7 Å². The second kappa shape index (κ2) is 9.09. The van der Waals surface area contributed by atoms with Crippen LogP contribution in [0.5, 0.6) is 0 Å². The first-order valence-corrected chi connectivity index (χ1v) is 7.02. The number of carbonyl (C=O) groups excluding carboxylic acids is 1. The standard InChI is InChI=1S/C13H24BN2O.2ClH/c1-10-9-16(7-6-14-10)13(17)8-11-2-4-12(15)5-3-11;;/h10-12H,2-9,15H2,1H3;2*1H/t10-,11?,12?;;/m1../s1. The van der Waals surface area contributed by atoms with Crippen LogP contribution in [0.2, 0.25) is 12.1 Å². The van der Waals surface area contributed by atoms with E-state index in [9.17, 15) is 4.79 Å². The van der Waals surface area contributed by atoms with E-state index in [0.717, 1.165) is 51.5 Å². The zero-order valence-corrected chi connectivity index (χ0v) is 13.3. The van der Waals surface area contributed by atoms with Gasteiger partial charge in [-0.05, 0) is 31.6 Å². The molecule has 0 unspecified atom stereocenters. The molecule has 2 N–H and O–H groups in total. The molecule has 2 fully saturated rings. The SMILES string of the molecule is C[C@H]1[B]CCN(C(=O)CC2CCC(N)CC2)C1.Cl.Cl. The van der Waals surface area contributed by atoms with Gasteiger partial charge in [-0.25, -0.2) is 0 Å². The molecule has 3 nitrogen and oxygen atoms in total. The minimum Gasteiger partial charge on any atom is -0.344 e. The van der Waals surface area contributed by atoms with Gasteiger partial charge in [0, 0.05) is 25.6 Å². The van der Waals surface area contributed by atoms with Crippen molar-refractivity contribution in [1.82, 2.24) is 4.90 Å². The summed E-state index contributed by atoms with van der Waals surface area (Å²) in [5.41, 5.74) is 5.89. The van der Waals surface area contributed by atoms with Gasteiger partial charge >= 0.3 is 0 Å². The predicted octanol–water partition coefficient (Wildman–Crippen LogP) is 2.51. The van der Waals surface area contributed by atoms with Crippen LogP contribution in [0.4, 0.5) is 0 Å². The highest BCUT2D eigenvalue weighted by Gasteiger charge is 2.26. The largest absolute Gasteiger partial charge is 0.344 e. The number of nitrogens with two attached hydrogens (primary N) is 1. The van der Waals surface area contributed by atoms with Crippen LogP contribution in [-0.4, -0.2) is 37.2 Å². The molecule has 2 aliphatic rings. The third-order valence-electron chi connectivity index (χ3n) is 4.18. The van der Waals surface area contributed by atoms with Gasteiger partial charge in [0.2, 0.25) is 5.91 Å². The molecule has 1 saturated carbocycles. The van der Waals surface area contributed by atoms with E-state index in [-0.39, 0.29) is 24.8 Å². The fourth-order valence-corrected chi connectivity index (χ4v) is 3.02. The Morgan fingerprint density at radius 2 is 1.89 bits per heavy atom. The fraction of sp³-hybridized carbons (Fsp3) is 0.923. The lowest BCUT2D eigenvalue weighted by molar-refractivity contribution is -0.132. The number of hydrogen-bond acceptors (Lipinski definition) is 2. The maximum absolute atomic E-state index is 12.2. The number of carbonyl (C=O) groups is 1. The monoisotopic (exact) mass is 307 g/mol. The second-order valence-electron chi connectivity index (χ2n) is 5.83. The van der Waals surface area contributed by atoms with Gasteiger partial charge in [-0.3, -0.25) is 4.79 Å². The van der Waals surface area contributed by atoms with Crippen molar-refractivity contribution in [3.05, 3.63) is 0 Å². The molecule has 0 bridgehead atoms. The van der Waals surface area contributed by atoms with Gasteiger partial charge in [-0.1, -0.05) is 19.1 Å². The Bertz CT molecular complexity index is 273. The maximum Gasteiger partial charge on any atom is 0.222 e. The summed E-state index contributed by atoms with van der Waals surface area (Å²) in [6.45, 7) is 4.04. The van der Waals surface area contributed by atoms with Crippen molar-refractivity contribution in [3.8, 4) is 0 Å². The lowest BCUT2D eigenvalue weighted by Gasteiger charge is -2.33. The Morgan fingerprint density at radius 1 is 1.26 bits per heavy atom. The highest BCUT2D eigenvalue weighted by atomic mass is 35.5. The van der Waals surface area contributed by atoms with E-state index in [0.29, 0.717) is 23.7 Å². The molecule has 1 aliphatic carbocycles. The fourth-order valence-electron chi connectivity index (χ4n) is 3.02. The van der Waals surface area contributed by atoms with Crippen molar-refractivity contribution < 1.29 is 4.79 Å². The van der Waals surface area contributed by atoms with E-state index in [1.54, 1.807) is 0 Å². The lowest BCUT2D eigenvalue weighted by Crippen LogP contribution is -2.40. The number of halogens is 2. The molecule has 1 amide bonds. The molecule has 6 heteroatoms. The van der Waals surface area contributed by atoms with E-state index in [2.05, 4.69) is 19.1 Å². The van der Waals surface area contributed by atoms with Gasteiger partial charge in [0.25, 0.3) is 0 Å². The third kappa shape index (κ3) is 5.93. The van der Waals surface area contributed by atoms with E-state index >= 15 is 0 Å². The summed E-state index contributed by atoms with van der Waals surface area (Å²) in [5.74, 6) is 1.52. The van der Waals surface area contributed by atoms with Gasteiger partial charge < -0.3 is 10.6 Å². The van der Waals surface area contributed by atoms with Crippen LogP contribution in [0.3, 0.4) is 0 Å². The molecule has 0 aromatic carbocycles. The van der Waals surface area contributed by atoms with Crippen molar-refractivity contribution in [2.45, 2.75) is 57.2 Å². The smallest absolute Gasteiger partial charge is 0.222 e. The van der Waals surface area contributed by atoms with Gasteiger partial charge in [0.05, 0.1) is 0 Å². The highest BCUT2D eigenvalue weighted by molar-refractivity contribution is 6.38. The molecule has 1 saturated heterocycles. The first kappa shape index (κ1) is 19.1. The summed E-state index contributed by atoms with van der Waals surface area (Å²) in [4.78, 5) is 14.2. The van der Waals surface area contributed by atoms with Gasteiger partial charge in [-0.2, -0.15) is 0 Å². The van der Waals surface area contributed by atoms with Crippen LogP contribution >= 0.6 is 24.8 Å². The summed E-state index contributed by atoms with van der Waals surface area (Å²) < 4.78 is 0. The molecular weight excluding hydrogens is 282 g/mol. The maximum atomic E-state index is 12.2. The quantitative estimate of drug-likeness (QED) is 0.797. The summed E-state index contributed by atoms with van der Waals surface area (Å²) >= 11 is 0. The molecule has 1 atom stereocenters. The average Bonchev–Trinajstić information content (AvgIpc) is 2.32. The summed E-state index contributed by atoms with van der Waals surface area (Å²) in [5, 5.41) is 0. The van der Waals surface area contributed by atoms with Crippen molar-refractivity contribution in [2.75, 3.05) is 13.1 Å². The molecule has 1 aliphatic heterocycles. The van der Waals surface area contributed by atoms with E-state index in [1.807, 2.05) is 0 Å². The number of hydrogen-bond donors (Lipinski definition) is 1. The Hall–Kier alpha value is 0.0749. The minimum absolute atomic E-state index is 0. The third-order valence-corrected chi connectivity index (χ3v) is 4.18. The Morgan fingerprint density at radius 3 is 2.47 bits per heavy atom. The van der Waals surface area contributed by atoms with Crippen LogP contribution in [0, 0.1) is 5.92 Å². The summed E-state index contributed by atoms with van der Waals surface area (Å²) in [6, 6.07) is 0.381. The van der Waals surface area contributed by atoms with Crippen LogP contribution in [0.15, 0.2) is 0 Å². The van der Waals surface area contributed by atoms with Crippen LogP contribution < -0.4 is 5.73 Å². The topological polar surface area (TPSA) is 46.3 Å². The Labute approximate surface area is 130 Å². The number of amides is 1. The van der Waals surface area contributed by atoms with Gasteiger partial charge in [0.15, 0.2) is 0 Å². The zero-order valence-electron chi connectivity index (χ0n) is 11.7. The van der Waals surface area contributed by atoms with Crippen LogP contribution in [0.25, 0.3) is 0 Å². The summed E-state index contributed by atoms with van der Waals surface area (Å²) in [7, 11) is 2.32. The molecule has 0 aromatic heterocycles.